The first-order valence-electron chi connectivity index (χ1n) is 29.6. The summed E-state index contributed by atoms with van der Waals surface area (Å²) >= 11 is 0. The van der Waals surface area contributed by atoms with Crippen LogP contribution in [0.15, 0.2) is 30.3 Å². The first-order valence-corrected chi connectivity index (χ1v) is 29.6. The van der Waals surface area contributed by atoms with Crippen molar-refractivity contribution in [1.82, 2.24) is 0 Å². The minimum atomic E-state index is -1.17. The highest BCUT2D eigenvalue weighted by Gasteiger charge is 2.20. The van der Waals surface area contributed by atoms with Crippen LogP contribution in [0, 0.1) is 0 Å². The molecule has 69 heavy (non-hydrogen) atoms. The number of unbranched alkanes of at least 4 members (excludes halogenated alkanes) is 39. The van der Waals surface area contributed by atoms with Gasteiger partial charge in [-0.15, -0.1) is 0 Å². The molecule has 0 unspecified atom stereocenters. The molecule has 0 aliphatic carbocycles. The van der Waals surface area contributed by atoms with E-state index in [1.165, 1.54) is 249 Å². The number of ether oxygens (including phenoxy) is 3. The van der Waals surface area contributed by atoms with Crippen molar-refractivity contribution in [3.05, 3.63) is 41.5 Å². The number of benzene rings is 2. The van der Waals surface area contributed by atoms with Crippen molar-refractivity contribution in [2.24, 2.45) is 0 Å². The molecule has 2 aromatic carbocycles. The van der Waals surface area contributed by atoms with Gasteiger partial charge in [-0.25, -0.2) is 9.59 Å². The molecular formula is C62H106O7. The second-order valence-electron chi connectivity index (χ2n) is 20.5. The van der Waals surface area contributed by atoms with Crippen LogP contribution in [0.3, 0.4) is 0 Å². The standard InChI is InChI=1S/C62H106O7/c1-4-7-10-13-16-19-22-25-28-31-34-37-40-43-46-67-58-52-55(54-49-56(61(63)64)51-57(50-54)62(65)66)53-59(68-47-44-41-38-35-32-29-26-23-20-17-14-11-8-5-2)60(58)69-48-45-42-39-36-33-30-27-24-21-18-15-12-9-6-3/h49-53H,4-48H2,1-3H3,(H,63,64)(H,65,66). The second-order valence-corrected chi connectivity index (χ2v) is 20.5. The molecule has 0 bridgehead atoms. The van der Waals surface area contributed by atoms with Crippen molar-refractivity contribution in [3.8, 4) is 28.4 Å². The summed E-state index contributed by atoms with van der Waals surface area (Å²) in [5, 5.41) is 19.8. The Bertz CT molecular complexity index is 1430. The molecule has 0 amide bonds. The van der Waals surface area contributed by atoms with Crippen LogP contribution in [0.2, 0.25) is 0 Å². The predicted molar refractivity (Wildman–Crippen MR) is 293 cm³/mol. The van der Waals surface area contributed by atoms with Crippen molar-refractivity contribution in [2.75, 3.05) is 19.8 Å². The smallest absolute Gasteiger partial charge is 0.335 e. The molecule has 7 nitrogen and oxygen atoms in total. The van der Waals surface area contributed by atoms with E-state index in [1.807, 2.05) is 12.1 Å². The molecule has 7 heteroatoms. The zero-order valence-corrected chi connectivity index (χ0v) is 45.1. The third-order valence-electron chi connectivity index (χ3n) is 14.0. The summed E-state index contributed by atoms with van der Waals surface area (Å²) < 4.78 is 19.7. The highest BCUT2D eigenvalue weighted by molar-refractivity contribution is 5.96. The molecular weight excluding hydrogens is 857 g/mol. The van der Waals surface area contributed by atoms with E-state index in [0.29, 0.717) is 48.2 Å². The molecule has 0 saturated carbocycles. The first kappa shape index (κ1) is 61.9. The molecule has 0 heterocycles. The third kappa shape index (κ3) is 33.1. The quantitative estimate of drug-likeness (QED) is 0.0637. The van der Waals surface area contributed by atoms with Crippen LogP contribution < -0.4 is 14.2 Å². The second kappa shape index (κ2) is 44.7. The van der Waals surface area contributed by atoms with Crippen LogP contribution in [0.5, 0.6) is 17.2 Å². The largest absolute Gasteiger partial charge is 0.490 e. The van der Waals surface area contributed by atoms with Crippen LogP contribution in [0.4, 0.5) is 0 Å². The number of carboxylic acids is 2. The Morgan fingerprint density at radius 1 is 0.304 bits per heavy atom. The molecule has 0 radical (unpaired) electrons. The maximum atomic E-state index is 12.1. The van der Waals surface area contributed by atoms with Gasteiger partial charge in [0.25, 0.3) is 0 Å². The van der Waals surface area contributed by atoms with Crippen LogP contribution in [0.25, 0.3) is 11.1 Å². The Morgan fingerprint density at radius 2 is 0.522 bits per heavy atom. The minimum absolute atomic E-state index is 0.0715. The van der Waals surface area contributed by atoms with Gasteiger partial charge >= 0.3 is 11.9 Å². The normalized spacial score (nSPS) is 11.3. The molecule has 0 aliphatic rings. The number of aromatic carboxylic acids is 2. The van der Waals surface area contributed by atoms with Crippen LogP contribution >= 0.6 is 0 Å². The Labute approximate surface area is 424 Å². The van der Waals surface area contributed by atoms with E-state index >= 15 is 0 Å². The Balaban J connectivity index is 2.05. The van der Waals surface area contributed by atoms with E-state index in [1.54, 1.807) is 0 Å². The van der Waals surface area contributed by atoms with E-state index in [-0.39, 0.29) is 11.1 Å². The number of carboxylic acid groups (broad SMARTS) is 2. The molecule has 0 aliphatic heterocycles. The third-order valence-corrected chi connectivity index (χ3v) is 14.0. The van der Waals surface area contributed by atoms with Crippen LogP contribution in [-0.2, 0) is 0 Å². The van der Waals surface area contributed by atoms with Crippen molar-refractivity contribution >= 4 is 11.9 Å². The zero-order valence-electron chi connectivity index (χ0n) is 45.1. The number of carbonyl (C=O) groups is 2. The van der Waals surface area contributed by atoms with E-state index < -0.39 is 11.9 Å². The molecule has 0 aromatic heterocycles. The highest BCUT2D eigenvalue weighted by atomic mass is 16.5. The monoisotopic (exact) mass is 963 g/mol. The average Bonchev–Trinajstić information content (AvgIpc) is 3.35. The van der Waals surface area contributed by atoms with Crippen molar-refractivity contribution in [1.29, 1.82) is 0 Å². The first-order chi connectivity index (χ1) is 33.9. The van der Waals surface area contributed by atoms with E-state index in [0.717, 1.165) is 38.5 Å². The predicted octanol–water partition coefficient (Wildman–Crippen LogP) is 20.3. The van der Waals surface area contributed by atoms with Gasteiger partial charge in [0.15, 0.2) is 11.5 Å². The van der Waals surface area contributed by atoms with Gasteiger partial charge < -0.3 is 24.4 Å². The summed E-state index contributed by atoms with van der Waals surface area (Å²) in [5.41, 5.74) is 1.00. The molecule has 0 atom stereocenters. The fourth-order valence-electron chi connectivity index (χ4n) is 9.57. The molecule has 396 valence electrons. The molecule has 2 N–H and O–H groups in total. The Morgan fingerprint density at radius 3 is 0.768 bits per heavy atom. The fraction of sp³-hybridized carbons (Fsp3) is 0.774. The van der Waals surface area contributed by atoms with Gasteiger partial charge in [0.05, 0.1) is 30.9 Å². The van der Waals surface area contributed by atoms with Gasteiger partial charge in [-0.3, -0.25) is 0 Å². The number of rotatable bonds is 51. The lowest BCUT2D eigenvalue weighted by molar-refractivity contribution is 0.0696. The summed E-state index contributed by atoms with van der Waals surface area (Å²) in [4.78, 5) is 24.3. The van der Waals surface area contributed by atoms with Gasteiger partial charge in [-0.2, -0.15) is 0 Å². The summed E-state index contributed by atoms with van der Waals surface area (Å²) in [7, 11) is 0. The Kier molecular flexibility index (Phi) is 40.1. The summed E-state index contributed by atoms with van der Waals surface area (Å²) in [6.45, 7) is 8.46. The van der Waals surface area contributed by atoms with Crippen LogP contribution in [0.1, 0.15) is 311 Å². The summed E-state index contributed by atoms with van der Waals surface area (Å²) in [6.07, 6.45) is 54.2. The van der Waals surface area contributed by atoms with E-state index in [4.69, 9.17) is 14.2 Å². The molecule has 2 rings (SSSR count). The van der Waals surface area contributed by atoms with Gasteiger partial charge in [0, 0.05) is 0 Å². The highest BCUT2D eigenvalue weighted by Crippen LogP contribution is 2.43. The lowest BCUT2D eigenvalue weighted by Crippen LogP contribution is -2.07. The molecule has 0 saturated heterocycles. The number of hydrogen-bond donors (Lipinski definition) is 2. The maximum Gasteiger partial charge on any atom is 0.335 e. The van der Waals surface area contributed by atoms with Gasteiger partial charge in [0.2, 0.25) is 5.75 Å². The average molecular weight is 964 g/mol. The molecule has 0 spiro atoms. The lowest BCUT2D eigenvalue weighted by Gasteiger charge is -2.19. The van der Waals surface area contributed by atoms with Crippen molar-refractivity contribution in [2.45, 2.75) is 290 Å². The summed E-state index contributed by atoms with van der Waals surface area (Å²) in [6, 6.07) is 8.05. The van der Waals surface area contributed by atoms with Gasteiger partial charge in [-0.1, -0.05) is 271 Å². The van der Waals surface area contributed by atoms with Crippen LogP contribution in [-0.4, -0.2) is 42.0 Å². The molecule has 2 aromatic rings. The summed E-state index contributed by atoms with van der Waals surface area (Å²) in [5.74, 6) is -0.605. The SMILES string of the molecule is CCCCCCCCCCCCCCCCOc1cc(-c2cc(C(=O)O)cc(C(=O)O)c2)cc(OCCCCCCCCCCCCCCCC)c1OCCCCCCCCCCCCCCCC. The maximum absolute atomic E-state index is 12.1. The fourth-order valence-corrected chi connectivity index (χ4v) is 9.57. The Hall–Kier alpha value is -3.22. The van der Waals surface area contributed by atoms with E-state index in [9.17, 15) is 19.8 Å². The number of hydrogen-bond acceptors (Lipinski definition) is 5. The van der Waals surface area contributed by atoms with Gasteiger partial charge in [-0.05, 0) is 60.7 Å². The topological polar surface area (TPSA) is 102 Å². The minimum Gasteiger partial charge on any atom is -0.490 e. The van der Waals surface area contributed by atoms with Crippen molar-refractivity contribution < 1.29 is 34.0 Å². The zero-order chi connectivity index (χ0) is 49.7. The van der Waals surface area contributed by atoms with Crippen molar-refractivity contribution in [3.63, 3.8) is 0 Å². The van der Waals surface area contributed by atoms with Gasteiger partial charge in [0.1, 0.15) is 0 Å². The molecule has 0 fully saturated rings. The lowest BCUT2D eigenvalue weighted by atomic mass is 9.99. The van der Waals surface area contributed by atoms with E-state index in [2.05, 4.69) is 20.8 Å².